The number of hydrogen-bond acceptors (Lipinski definition) is 5. The third kappa shape index (κ3) is 5.74. The van der Waals surface area contributed by atoms with E-state index in [-0.39, 0.29) is 12.4 Å². The number of pyridine rings is 1. The number of methoxy groups -OCH3 is 1. The molecule has 0 radical (unpaired) electrons. The lowest BCUT2D eigenvalue weighted by molar-refractivity contribution is -0.00000694. The summed E-state index contributed by atoms with van der Waals surface area (Å²) in [6, 6.07) is 7.69. The molecule has 0 aliphatic carbocycles. The normalized spacial score (nSPS) is 16.2. The van der Waals surface area contributed by atoms with Crippen molar-refractivity contribution in [1.82, 2.24) is 10.3 Å². The van der Waals surface area contributed by atoms with Gasteiger partial charge in [0.15, 0.2) is 11.5 Å². The highest BCUT2D eigenvalue weighted by atomic mass is 35.5. The first-order chi connectivity index (χ1) is 12.3. The first-order valence-corrected chi connectivity index (χ1v) is 8.84. The second kappa shape index (κ2) is 10.6. The Labute approximate surface area is 165 Å². The Morgan fingerprint density at radius 1 is 1.35 bits per heavy atom. The zero-order chi connectivity index (χ0) is 17.5. The fraction of sp³-hybridized carbons (Fsp3) is 0.421. The minimum atomic E-state index is 0. The van der Waals surface area contributed by atoms with Gasteiger partial charge in [0.05, 0.1) is 18.2 Å². The lowest BCUT2D eigenvalue weighted by atomic mass is 10.2. The molecule has 0 saturated carbocycles. The van der Waals surface area contributed by atoms with Crippen LogP contribution in [0.15, 0.2) is 36.7 Å². The first kappa shape index (κ1) is 20.8. The molecule has 1 aliphatic rings. The van der Waals surface area contributed by atoms with Gasteiger partial charge in [0.1, 0.15) is 6.61 Å². The molecule has 5 nitrogen and oxygen atoms in total. The predicted molar refractivity (Wildman–Crippen MR) is 97.3 cm³/mol. The van der Waals surface area contributed by atoms with E-state index in [2.05, 4.69) is 10.3 Å². The van der Waals surface area contributed by atoms with Gasteiger partial charge >= 0.3 is 0 Å². The summed E-state index contributed by atoms with van der Waals surface area (Å²) in [5.74, 6) is 1.18. The van der Waals surface area contributed by atoms with E-state index in [9.17, 15) is 0 Å². The van der Waals surface area contributed by atoms with Crippen molar-refractivity contribution in [3.05, 3.63) is 52.8 Å². The summed E-state index contributed by atoms with van der Waals surface area (Å²) in [6.45, 7) is 2.81. The fourth-order valence-corrected chi connectivity index (χ4v) is 3.13. The Balaban J connectivity index is 0.00000243. The van der Waals surface area contributed by atoms with Crippen LogP contribution in [0.1, 0.15) is 24.0 Å². The molecule has 1 unspecified atom stereocenters. The van der Waals surface area contributed by atoms with E-state index in [1.807, 2.05) is 24.3 Å². The quantitative estimate of drug-likeness (QED) is 0.706. The maximum absolute atomic E-state index is 6.41. The van der Waals surface area contributed by atoms with Crippen molar-refractivity contribution in [3.8, 4) is 11.5 Å². The number of nitrogens with one attached hydrogen (secondary N) is 1. The largest absolute Gasteiger partial charge is 1.00 e. The van der Waals surface area contributed by atoms with Gasteiger partial charge in [-0.05, 0) is 36.6 Å². The minimum absolute atomic E-state index is 0. The summed E-state index contributed by atoms with van der Waals surface area (Å²) in [5, 5.41) is 3.95. The molecule has 0 bridgehead atoms. The van der Waals surface area contributed by atoms with E-state index in [1.54, 1.807) is 19.5 Å². The maximum Gasteiger partial charge on any atom is 0.180 e. The van der Waals surface area contributed by atoms with Crippen LogP contribution in [0.25, 0.3) is 0 Å². The molecule has 1 fully saturated rings. The number of ether oxygens (including phenoxy) is 3. The number of halogens is 2. The molecule has 1 atom stereocenters. The van der Waals surface area contributed by atoms with Gasteiger partial charge in [-0.3, -0.25) is 4.98 Å². The Morgan fingerprint density at radius 3 is 2.92 bits per heavy atom. The molecule has 0 amide bonds. The highest BCUT2D eigenvalue weighted by Crippen LogP contribution is 2.37. The van der Waals surface area contributed by atoms with Gasteiger partial charge in [-0.1, -0.05) is 17.7 Å². The average molecular weight is 398 g/mol. The fourth-order valence-electron chi connectivity index (χ4n) is 2.84. The van der Waals surface area contributed by atoms with Gasteiger partial charge in [-0.2, -0.15) is 0 Å². The predicted octanol–water partition coefficient (Wildman–Crippen LogP) is 0.595. The van der Waals surface area contributed by atoms with E-state index < -0.39 is 0 Å². The lowest BCUT2D eigenvalue weighted by Gasteiger charge is -2.15. The van der Waals surface area contributed by atoms with Crippen LogP contribution in [0.4, 0.5) is 0 Å². The van der Waals surface area contributed by atoms with Gasteiger partial charge in [-0.15, -0.1) is 0 Å². The zero-order valence-electron chi connectivity index (χ0n) is 14.7. The summed E-state index contributed by atoms with van der Waals surface area (Å²) in [7, 11) is 1.62. The van der Waals surface area contributed by atoms with Gasteiger partial charge in [0.25, 0.3) is 0 Å². The summed E-state index contributed by atoms with van der Waals surface area (Å²) in [6.07, 6.45) is 6.09. The Kier molecular flexibility index (Phi) is 8.45. The SMILES string of the molecule is COc1cc(CNCC2CCCO2)cc(Cl)c1OCc1cccnc1.[Cl-]. The number of rotatable bonds is 8. The van der Waals surface area contributed by atoms with Crippen molar-refractivity contribution in [1.29, 1.82) is 0 Å². The van der Waals surface area contributed by atoms with E-state index in [0.29, 0.717) is 35.8 Å². The Bertz CT molecular complexity index is 680. The number of hydrogen-bond donors (Lipinski definition) is 1. The zero-order valence-corrected chi connectivity index (χ0v) is 16.2. The molecule has 1 aliphatic heterocycles. The molecule has 142 valence electrons. The first-order valence-electron chi connectivity index (χ1n) is 8.46. The lowest BCUT2D eigenvalue weighted by Crippen LogP contribution is -3.00. The molecule has 2 aromatic rings. The molecular formula is C19H23Cl2N2O3-. The van der Waals surface area contributed by atoms with Crippen LogP contribution in [0.5, 0.6) is 11.5 Å². The molecule has 26 heavy (non-hydrogen) atoms. The van der Waals surface area contributed by atoms with Crippen LogP contribution in [-0.2, 0) is 17.9 Å². The molecule has 2 heterocycles. The van der Waals surface area contributed by atoms with E-state index in [0.717, 1.165) is 37.1 Å². The minimum Gasteiger partial charge on any atom is -1.00 e. The Hall–Kier alpha value is -1.53. The van der Waals surface area contributed by atoms with Crippen molar-refractivity contribution in [2.24, 2.45) is 0 Å². The molecule has 1 N–H and O–H groups in total. The average Bonchev–Trinajstić information content (AvgIpc) is 3.15. The Morgan fingerprint density at radius 2 is 2.23 bits per heavy atom. The second-order valence-corrected chi connectivity index (χ2v) is 6.43. The van der Waals surface area contributed by atoms with Crippen LogP contribution in [0.2, 0.25) is 5.02 Å². The van der Waals surface area contributed by atoms with E-state index in [4.69, 9.17) is 25.8 Å². The molecule has 1 aromatic carbocycles. The van der Waals surface area contributed by atoms with Gasteiger partial charge in [-0.25, -0.2) is 0 Å². The van der Waals surface area contributed by atoms with Crippen LogP contribution in [0.3, 0.4) is 0 Å². The topological polar surface area (TPSA) is 52.6 Å². The molecule has 3 rings (SSSR count). The van der Waals surface area contributed by atoms with Crippen molar-refractivity contribution in [2.75, 3.05) is 20.3 Å². The monoisotopic (exact) mass is 397 g/mol. The molecule has 0 spiro atoms. The van der Waals surface area contributed by atoms with Crippen LogP contribution in [0, 0.1) is 0 Å². The van der Waals surface area contributed by atoms with Gasteiger partial charge in [0, 0.05) is 37.7 Å². The standard InChI is InChI=1S/C19H23ClN2O3.ClH/c1-23-18-9-15(11-22-12-16-5-3-7-24-16)8-17(20)19(18)25-13-14-4-2-6-21-10-14;/h2,4,6,8-10,16,22H,3,5,7,11-13H2,1H3;1H/p-1. The van der Waals surface area contributed by atoms with Crippen molar-refractivity contribution in [2.45, 2.75) is 32.1 Å². The summed E-state index contributed by atoms with van der Waals surface area (Å²) in [5.41, 5.74) is 2.02. The molecule has 1 aromatic heterocycles. The van der Waals surface area contributed by atoms with E-state index >= 15 is 0 Å². The van der Waals surface area contributed by atoms with Crippen LogP contribution < -0.4 is 27.2 Å². The van der Waals surface area contributed by atoms with Gasteiger partial charge in [0.2, 0.25) is 0 Å². The van der Waals surface area contributed by atoms with Gasteiger partial charge < -0.3 is 31.9 Å². The molecule has 1 saturated heterocycles. The van der Waals surface area contributed by atoms with Crippen LogP contribution >= 0.6 is 11.6 Å². The van der Waals surface area contributed by atoms with Crippen molar-refractivity contribution >= 4 is 11.6 Å². The van der Waals surface area contributed by atoms with Crippen molar-refractivity contribution < 1.29 is 26.6 Å². The molecule has 7 heteroatoms. The van der Waals surface area contributed by atoms with E-state index in [1.165, 1.54) is 0 Å². The third-order valence-electron chi connectivity index (χ3n) is 4.12. The highest BCUT2D eigenvalue weighted by Gasteiger charge is 2.16. The maximum atomic E-state index is 6.41. The number of nitrogens with zero attached hydrogens (tertiary/aromatic N) is 1. The summed E-state index contributed by atoms with van der Waals surface area (Å²) in [4.78, 5) is 4.08. The summed E-state index contributed by atoms with van der Waals surface area (Å²) < 4.78 is 16.9. The summed E-state index contributed by atoms with van der Waals surface area (Å²) >= 11 is 6.41. The van der Waals surface area contributed by atoms with Crippen molar-refractivity contribution in [3.63, 3.8) is 0 Å². The second-order valence-electron chi connectivity index (χ2n) is 6.02. The number of aromatic nitrogens is 1. The van der Waals surface area contributed by atoms with Crippen LogP contribution in [-0.4, -0.2) is 31.3 Å². The molecular weight excluding hydrogens is 375 g/mol. The smallest absolute Gasteiger partial charge is 0.180 e. The number of benzene rings is 1. The highest BCUT2D eigenvalue weighted by molar-refractivity contribution is 6.32. The third-order valence-corrected chi connectivity index (χ3v) is 4.40.